The highest BCUT2D eigenvalue weighted by Gasteiger charge is 2.02. The summed E-state index contributed by atoms with van der Waals surface area (Å²) in [6, 6.07) is 0. The van der Waals surface area contributed by atoms with Gasteiger partial charge in [0.25, 0.3) is 0 Å². The van der Waals surface area contributed by atoms with Crippen LogP contribution >= 0.6 is 0 Å². The lowest BCUT2D eigenvalue weighted by atomic mass is 10.3. The smallest absolute Gasteiger partial charge is 0.117 e. The van der Waals surface area contributed by atoms with Crippen molar-refractivity contribution in [2.45, 2.75) is 12.8 Å². The van der Waals surface area contributed by atoms with E-state index in [0.717, 1.165) is 18.8 Å². The van der Waals surface area contributed by atoms with Gasteiger partial charge in [0.2, 0.25) is 0 Å². The molecule has 1 aliphatic rings. The van der Waals surface area contributed by atoms with E-state index in [-0.39, 0.29) is 0 Å². The van der Waals surface area contributed by atoms with Crippen LogP contribution in [0.5, 0.6) is 0 Å². The molecule has 0 fully saturated rings. The van der Waals surface area contributed by atoms with Gasteiger partial charge < -0.3 is 0 Å². The fourth-order valence-corrected chi connectivity index (χ4v) is 0.707. The molecule has 0 saturated carbocycles. The summed E-state index contributed by atoms with van der Waals surface area (Å²) in [7, 11) is 1.80. The Hall–Kier alpha value is -0.530. The normalized spacial score (nSPS) is 19.3. The summed E-state index contributed by atoms with van der Waals surface area (Å²) in [6.45, 7) is 0.993. The Bertz CT molecular complexity index is 86.1. The third kappa shape index (κ3) is 0.918. The van der Waals surface area contributed by atoms with E-state index in [1.54, 1.807) is 7.05 Å². The number of hydrogen-bond acceptors (Lipinski definition) is 1. The summed E-state index contributed by atoms with van der Waals surface area (Å²) in [4.78, 5) is 4.10. The summed E-state index contributed by atoms with van der Waals surface area (Å²) in [5.41, 5.74) is 0. The van der Waals surface area contributed by atoms with Crippen LogP contribution in [0.3, 0.4) is 0 Å². The molecule has 0 aromatic carbocycles. The molecule has 1 heterocycles. The van der Waals surface area contributed by atoms with Gasteiger partial charge in [-0.15, -0.1) is 0 Å². The first kappa shape index (κ1) is 4.62. The molecule has 7 heavy (non-hydrogen) atoms. The second kappa shape index (κ2) is 1.96. The van der Waals surface area contributed by atoms with E-state index in [1.165, 1.54) is 6.42 Å². The highest BCUT2D eigenvalue weighted by atomic mass is 15.0. The van der Waals surface area contributed by atoms with Crippen molar-refractivity contribution in [3.8, 4) is 0 Å². The summed E-state index contributed by atoms with van der Waals surface area (Å²) in [5, 5.41) is 3.94. The Morgan fingerprint density at radius 1 is 1.71 bits per heavy atom. The molecule has 0 aromatic heterocycles. The largest absolute Gasteiger partial charge is 0.274 e. The van der Waals surface area contributed by atoms with Crippen LogP contribution in [0.15, 0.2) is 4.99 Å². The van der Waals surface area contributed by atoms with Crippen LogP contribution < -0.4 is 5.32 Å². The molecule has 0 aliphatic carbocycles. The van der Waals surface area contributed by atoms with Crippen molar-refractivity contribution in [1.82, 2.24) is 5.32 Å². The number of amidine groups is 1. The number of rotatable bonds is 0. The number of nitrogens with zero attached hydrogens (tertiary/aromatic N) is 2. The lowest BCUT2D eigenvalue weighted by Gasteiger charge is -1.87. The third-order valence-electron chi connectivity index (χ3n) is 1.11. The van der Waals surface area contributed by atoms with Gasteiger partial charge in [0.05, 0.1) is 0 Å². The first-order chi connectivity index (χ1) is 3.43. The SMILES string of the molecule is C[N]C1=NCCC1. The Kier molecular flexibility index (Phi) is 1.29. The lowest BCUT2D eigenvalue weighted by molar-refractivity contribution is 0.944. The number of aliphatic imine (C=N–C) groups is 1. The maximum Gasteiger partial charge on any atom is 0.117 e. The summed E-state index contributed by atoms with van der Waals surface area (Å²) >= 11 is 0. The molecule has 2 heteroatoms. The van der Waals surface area contributed by atoms with E-state index < -0.39 is 0 Å². The molecule has 0 spiro atoms. The predicted molar refractivity (Wildman–Crippen MR) is 29.6 cm³/mol. The van der Waals surface area contributed by atoms with Gasteiger partial charge in [-0.2, -0.15) is 0 Å². The van der Waals surface area contributed by atoms with Gasteiger partial charge in [-0.1, -0.05) is 0 Å². The Morgan fingerprint density at radius 3 is 2.86 bits per heavy atom. The van der Waals surface area contributed by atoms with Gasteiger partial charge in [-0.05, 0) is 6.42 Å². The van der Waals surface area contributed by atoms with Gasteiger partial charge in [0.15, 0.2) is 0 Å². The van der Waals surface area contributed by atoms with Crippen molar-refractivity contribution in [3.63, 3.8) is 0 Å². The molecule has 0 amide bonds. The van der Waals surface area contributed by atoms with Crippen molar-refractivity contribution in [1.29, 1.82) is 0 Å². The van der Waals surface area contributed by atoms with E-state index in [9.17, 15) is 0 Å². The molecular weight excluding hydrogens is 88.1 g/mol. The molecule has 0 atom stereocenters. The maximum atomic E-state index is 4.10. The second-order valence-corrected chi connectivity index (χ2v) is 1.63. The van der Waals surface area contributed by atoms with E-state index in [2.05, 4.69) is 10.3 Å². The zero-order chi connectivity index (χ0) is 5.11. The van der Waals surface area contributed by atoms with Gasteiger partial charge in [0.1, 0.15) is 5.84 Å². The second-order valence-electron chi connectivity index (χ2n) is 1.63. The molecule has 0 saturated heterocycles. The molecule has 39 valence electrons. The minimum atomic E-state index is 0.993. The highest BCUT2D eigenvalue weighted by Crippen LogP contribution is 2.00. The Morgan fingerprint density at radius 2 is 2.57 bits per heavy atom. The molecule has 1 aliphatic heterocycles. The van der Waals surface area contributed by atoms with Crippen LogP contribution in [0, 0.1) is 0 Å². The van der Waals surface area contributed by atoms with E-state index in [0.29, 0.717) is 0 Å². The van der Waals surface area contributed by atoms with Crippen molar-refractivity contribution in [2.24, 2.45) is 4.99 Å². The van der Waals surface area contributed by atoms with Crippen LogP contribution in [-0.4, -0.2) is 19.4 Å². The molecule has 0 unspecified atom stereocenters. The maximum absolute atomic E-state index is 4.10. The molecule has 0 bridgehead atoms. The fraction of sp³-hybridized carbons (Fsp3) is 0.800. The van der Waals surface area contributed by atoms with Crippen molar-refractivity contribution >= 4 is 5.84 Å². The predicted octanol–water partition coefficient (Wildman–Crippen LogP) is 0.413. The zero-order valence-electron chi connectivity index (χ0n) is 4.52. The Labute approximate surface area is 43.6 Å². The quantitative estimate of drug-likeness (QED) is 0.418. The monoisotopic (exact) mass is 97.1 g/mol. The van der Waals surface area contributed by atoms with Crippen LogP contribution in [-0.2, 0) is 0 Å². The zero-order valence-corrected chi connectivity index (χ0v) is 4.52. The van der Waals surface area contributed by atoms with Crippen LogP contribution in [0.2, 0.25) is 0 Å². The first-order valence-corrected chi connectivity index (χ1v) is 2.56. The van der Waals surface area contributed by atoms with Gasteiger partial charge >= 0.3 is 0 Å². The van der Waals surface area contributed by atoms with Crippen molar-refractivity contribution < 1.29 is 0 Å². The minimum Gasteiger partial charge on any atom is -0.274 e. The van der Waals surface area contributed by atoms with Crippen LogP contribution in [0.25, 0.3) is 0 Å². The average Bonchev–Trinajstić information content (AvgIpc) is 2.14. The van der Waals surface area contributed by atoms with E-state index >= 15 is 0 Å². The summed E-state index contributed by atoms with van der Waals surface area (Å²) in [5.74, 6) is 1.04. The molecule has 2 nitrogen and oxygen atoms in total. The highest BCUT2D eigenvalue weighted by molar-refractivity contribution is 5.82. The van der Waals surface area contributed by atoms with Crippen LogP contribution in [0.1, 0.15) is 12.8 Å². The molecular formula is C5H9N2. The van der Waals surface area contributed by atoms with E-state index in [1.807, 2.05) is 0 Å². The molecule has 0 N–H and O–H groups in total. The first-order valence-electron chi connectivity index (χ1n) is 2.56. The van der Waals surface area contributed by atoms with Crippen LogP contribution in [0.4, 0.5) is 0 Å². The average molecular weight is 97.1 g/mol. The summed E-state index contributed by atoms with van der Waals surface area (Å²) in [6.07, 6.45) is 2.29. The molecule has 0 aromatic rings. The van der Waals surface area contributed by atoms with E-state index in [4.69, 9.17) is 0 Å². The molecule has 1 rings (SSSR count). The lowest BCUT2D eigenvalue weighted by Crippen LogP contribution is -2.05. The van der Waals surface area contributed by atoms with Crippen molar-refractivity contribution in [3.05, 3.63) is 0 Å². The summed E-state index contributed by atoms with van der Waals surface area (Å²) < 4.78 is 0. The number of hydrogen-bond donors (Lipinski definition) is 0. The standard InChI is InChI=1S/C5H9N2/c1-6-5-3-2-4-7-5/h2-4H2,1H3. The fourth-order valence-electron chi connectivity index (χ4n) is 0.707. The van der Waals surface area contributed by atoms with Crippen molar-refractivity contribution in [2.75, 3.05) is 13.6 Å². The minimum absolute atomic E-state index is 0.993. The molecule has 1 radical (unpaired) electrons. The van der Waals surface area contributed by atoms with Gasteiger partial charge in [-0.3, -0.25) is 10.3 Å². The topological polar surface area (TPSA) is 26.5 Å². The third-order valence-corrected chi connectivity index (χ3v) is 1.11. The Balaban J connectivity index is 2.36. The van der Waals surface area contributed by atoms with Gasteiger partial charge in [0, 0.05) is 20.0 Å². The van der Waals surface area contributed by atoms with Gasteiger partial charge in [-0.25, -0.2) is 0 Å².